The molecular weight excluding hydrogens is 338 g/mol. The molecule has 1 aliphatic heterocycles. The van der Waals surface area contributed by atoms with Gasteiger partial charge in [0.15, 0.2) is 0 Å². The predicted octanol–water partition coefficient (Wildman–Crippen LogP) is 3.42. The molecule has 6 heteroatoms. The van der Waals surface area contributed by atoms with Crippen molar-refractivity contribution in [1.29, 1.82) is 0 Å². The molecule has 4 rings (SSSR count). The van der Waals surface area contributed by atoms with Gasteiger partial charge in [-0.2, -0.15) is 0 Å². The van der Waals surface area contributed by atoms with Gasteiger partial charge < -0.3 is 9.47 Å². The average molecular weight is 355 g/mol. The van der Waals surface area contributed by atoms with E-state index in [1.54, 1.807) is 24.3 Å². The average Bonchev–Trinajstić information content (AvgIpc) is 3.45. The van der Waals surface area contributed by atoms with Gasteiger partial charge in [0, 0.05) is 5.39 Å². The van der Waals surface area contributed by atoms with Crippen LogP contribution in [-0.2, 0) is 14.8 Å². The van der Waals surface area contributed by atoms with Gasteiger partial charge in [-0.15, -0.1) is 0 Å². The van der Waals surface area contributed by atoms with E-state index in [1.807, 2.05) is 36.4 Å². The van der Waals surface area contributed by atoms with Crippen LogP contribution in [0.3, 0.4) is 0 Å². The maximum atomic E-state index is 12.9. The highest BCUT2D eigenvalue weighted by Crippen LogP contribution is 2.29. The highest BCUT2D eigenvalue weighted by Gasteiger charge is 2.25. The van der Waals surface area contributed by atoms with E-state index in [0.29, 0.717) is 24.7 Å². The summed E-state index contributed by atoms with van der Waals surface area (Å²) >= 11 is 0. The fourth-order valence-corrected chi connectivity index (χ4v) is 3.88. The lowest BCUT2D eigenvalue weighted by molar-refractivity contribution is 0.258. The Kier molecular flexibility index (Phi) is 4.07. The second kappa shape index (κ2) is 6.38. The quantitative estimate of drug-likeness (QED) is 0.688. The van der Waals surface area contributed by atoms with Crippen LogP contribution in [0.5, 0.6) is 5.75 Å². The molecular formula is C19H17NO4S. The van der Waals surface area contributed by atoms with Gasteiger partial charge in [-0.1, -0.05) is 48.5 Å². The maximum absolute atomic E-state index is 12.9. The monoisotopic (exact) mass is 355 g/mol. The summed E-state index contributed by atoms with van der Waals surface area (Å²) < 4.78 is 39.2. The lowest BCUT2D eigenvalue weighted by atomic mass is 10.1. The zero-order chi connectivity index (χ0) is 17.3. The molecule has 1 unspecified atom stereocenters. The van der Waals surface area contributed by atoms with Crippen molar-refractivity contribution in [2.45, 2.75) is 11.0 Å². The minimum Gasteiger partial charge on any atom is -0.489 e. The van der Waals surface area contributed by atoms with Crippen LogP contribution >= 0.6 is 0 Å². The Morgan fingerprint density at radius 2 is 1.72 bits per heavy atom. The third-order valence-electron chi connectivity index (χ3n) is 4.00. The number of hydrogen-bond donors (Lipinski definition) is 1. The molecule has 5 nitrogen and oxygen atoms in total. The molecule has 25 heavy (non-hydrogen) atoms. The molecule has 0 saturated carbocycles. The number of benzene rings is 3. The van der Waals surface area contributed by atoms with E-state index in [9.17, 15) is 8.42 Å². The van der Waals surface area contributed by atoms with Gasteiger partial charge in [-0.05, 0) is 23.6 Å². The van der Waals surface area contributed by atoms with Crippen LogP contribution in [0.2, 0.25) is 0 Å². The fourth-order valence-electron chi connectivity index (χ4n) is 2.65. The van der Waals surface area contributed by atoms with Gasteiger partial charge in [0.1, 0.15) is 23.4 Å². The summed E-state index contributed by atoms with van der Waals surface area (Å²) in [6, 6.07) is 19.8. The molecule has 128 valence electrons. The van der Waals surface area contributed by atoms with Crippen molar-refractivity contribution in [1.82, 2.24) is 0 Å². The number of fused-ring (bicyclic) bond motifs is 1. The molecule has 1 N–H and O–H groups in total. The van der Waals surface area contributed by atoms with Crippen molar-refractivity contribution in [3.8, 4) is 5.75 Å². The highest BCUT2D eigenvalue weighted by molar-refractivity contribution is 7.92. The number of nitrogens with one attached hydrogen (secondary N) is 1. The summed E-state index contributed by atoms with van der Waals surface area (Å²) in [4.78, 5) is 0.114. The number of ether oxygens (including phenoxy) is 2. The molecule has 1 fully saturated rings. The van der Waals surface area contributed by atoms with Crippen LogP contribution < -0.4 is 9.46 Å². The first-order valence-corrected chi connectivity index (χ1v) is 9.46. The maximum Gasteiger partial charge on any atom is 0.265 e. The molecule has 0 aliphatic carbocycles. The van der Waals surface area contributed by atoms with E-state index < -0.39 is 10.0 Å². The van der Waals surface area contributed by atoms with E-state index in [-0.39, 0.29) is 11.0 Å². The van der Waals surface area contributed by atoms with Gasteiger partial charge >= 0.3 is 0 Å². The molecule has 1 atom stereocenters. The van der Waals surface area contributed by atoms with E-state index in [1.165, 1.54) is 6.07 Å². The summed E-state index contributed by atoms with van der Waals surface area (Å²) in [6.45, 7) is 1.00. The number of para-hydroxylation sites is 1. The molecule has 0 radical (unpaired) electrons. The molecule has 0 amide bonds. The van der Waals surface area contributed by atoms with Crippen molar-refractivity contribution >= 4 is 26.5 Å². The molecule has 1 aliphatic rings. The first kappa shape index (κ1) is 15.9. The normalized spacial score (nSPS) is 16.6. The lowest BCUT2D eigenvalue weighted by Gasteiger charge is -2.14. The van der Waals surface area contributed by atoms with Crippen LogP contribution in [0, 0.1) is 0 Å². The Morgan fingerprint density at radius 3 is 2.56 bits per heavy atom. The highest BCUT2D eigenvalue weighted by atomic mass is 32.2. The topological polar surface area (TPSA) is 67.9 Å². The summed E-state index contributed by atoms with van der Waals surface area (Å²) in [7, 11) is -3.78. The molecule has 3 aromatic carbocycles. The van der Waals surface area contributed by atoms with Gasteiger partial charge in [0.2, 0.25) is 0 Å². The number of anilines is 1. The molecule has 1 saturated heterocycles. The van der Waals surface area contributed by atoms with E-state index in [2.05, 4.69) is 4.72 Å². The number of epoxide rings is 1. The van der Waals surface area contributed by atoms with Crippen LogP contribution in [0.15, 0.2) is 71.6 Å². The first-order valence-electron chi connectivity index (χ1n) is 7.97. The second-order valence-corrected chi connectivity index (χ2v) is 7.50. The van der Waals surface area contributed by atoms with Gasteiger partial charge in [-0.3, -0.25) is 4.72 Å². The number of rotatable bonds is 6. The van der Waals surface area contributed by atoms with Crippen molar-refractivity contribution in [2.75, 3.05) is 17.9 Å². The lowest BCUT2D eigenvalue weighted by Crippen LogP contribution is -2.15. The largest absolute Gasteiger partial charge is 0.489 e. The predicted molar refractivity (Wildman–Crippen MR) is 96.4 cm³/mol. The zero-order valence-electron chi connectivity index (χ0n) is 13.4. The van der Waals surface area contributed by atoms with Gasteiger partial charge in [0.05, 0.1) is 12.3 Å². The molecule has 0 aromatic heterocycles. The molecule has 1 heterocycles. The van der Waals surface area contributed by atoms with Gasteiger partial charge in [-0.25, -0.2) is 8.42 Å². The smallest absolute Gasteiger partial charge is 0.265 e. The molecule has 3 aromatic rings. The van der Waals surface area contributed by atoms with Crippen LogP contribution in [0.25, 0.3) is 10.8 Å². The van der Waals surface area contributed by atoms with E-state index in [0.717, 1.165) is 10.8 Å². The summed E-state index contributed by atoms with van der Waals surface area (Å²) in [5.74, 6) is 0.325. The van der Waals surface area contributed by atoms with Crippen molar-refractivity contribution in [2.24, 2.45) is 0 Å². The van der Waals surface area contributed by atoms with Crippen molar-refractivity contribution in [3.63, 3.8) is 0 Å². The van der Waals surface area contributed by atoms with Crippen LogP contribution in [0.1, 0.15) is 0 Å². The van der Waals surface area contributed by atoms with Gasteiger partial charge in [0.25, 0.3) is 10.0 Å². The number of hydrogen-bond acceptors (Lipinski definition) is 4. The van der Waals surface area contributed by atoms with Crippen molar-refractivity contribution in [3.05, 3.63) is 66.7 Å². The third-order valence-corrected chi connectivity index (χ3v) is 5.40. The second-order valence-electron chi connectivity index (χ2n) is 5.85. The third kappa shape index (κ3) is 3.45. The summed E-state index contributed by atoms with van der Waals surface area (Å²) in [5.41, 5.74) is 0.540. The van der Waals surface area contributed by atoms with Crippen molar-refractivity contribution < 1.29 is 17.9 Å². The fraction of sp³-hybridized carbons (Fsp3) is 0.158. The Hall–Kier alpha value is -2.57. The first-order chi connectivity index (χ1) is 12.1. The molecule has 0 bridgehead atoms. The summed E-state index contributed by atoms with van der Waals surface area (Å²) in [6.07, 6.45) is 0.0572. The Balaban J connectivity index is 1.67. The van der Waals surface area contributed by atoms with E-state index in [4.69, 9.17) is 9.47 Å². The Labute approximate surface area is 146 Å². The summed E-state index contributed by atoms with van der Waals surface area (Å²) in [5, 5.41) is 1.82. The minimum atomic E-state index is -3.78. The zero-order valence-corrected chi connectivity index (χ0v) is 14.2. The minimum absolute atomic E-state index is 0.0572. The molecule has 0 spiro atoms. The van der Waals surface area contributed by atoms with E-state index >= 15 is 0 Å². The van der Waals surface area contributed by atoms with Crippen LogP contribution in [0.4, 0.5) is 5.69 Å². The standard InChI is InChI=1S/C19H17NO4S/c21-25(22,19-11-4-3-10-18(19)24-13-15-12-23-15)20-17-9-5-7-14-6-1-2-8-16(14)17/h1-11,15,20H,12-13H2. The Bertz CT molecular complexity index is 1010. The van der Waals surface area contributed by atoms with Crippen LogP contribution in [-0.4, -0.2) is 27.7 Å². The SMILES string of the molecule is O=S(=O)(Nc1cccc2ccccc12)c1ccccc1OCC1CO1. The number of sulfonamides is 1. The Morgan fingerprint density at radius 1 is 1.00 bits per heavy atom.